The molecule has 122 valence electrons. The number of hydrazone groups is 1. The third-order valence-corrected chi connectivity index (χ3v) is 3.41. The predicted molar refractivity (Wildman–Crippen MR) is 94.8 cm³/mol. The molecule has 0 aliphatic rings. The Labute approximate surface area is 139 Å². The minimum absolute atomic E-state index is 0.0856. The summed E-state index contributed by atoms with van der Waals surface area (Å²) < 4.78 is 5.29. The molecule has 1 heterocycles. The van der Waals surface area contributed by atoms with Crippen molar-refractivity contribution in [2.75, 3.05) is 12.0 Å². The smallest absolute Gasteiger partial charge is 0.168 e. The molecule has 2 aromatic carbocycles. The van der Waals surface area contributed by atoms with Crippen LogP contribution in [0.3, 0.4) is 0 Å². The number of aromatic nitrogens is 2. The molecular weight excluding hydrogens is 304 g/mol. The predicted octanol–water partition coefficient (Wildman–Crippen LogP) is 3.49. The molecule has 0 aliphatic heterocycles. The lowest BCUT2D eigenvalue weighted by Gasteiger charge is -2.06. The number of nitrogens with zero attached hydrogens (tertiary/aromatic N) is 3. The molecule has 0 unspecified atom stereocenters. The van der Waals surface area contributed by atoms with E-state index in [2.05, 4.69) is 20.5 Å². The maximum absolute atomic E-state index is 9.87. The molecule has 2 N–H and O–H groups in total. The number of phenolic OH excluding ortho intramolecular Hbond substituents is 1. The second kappa shape index (κ2) is 6.95. The Balaban J connectivity index is 1.76. The third-order valence-electron chi connectivity index (χ3n) is 3.41. The summed E-state index contributed by atoms with van der Waals surface area (Å²) in [6, 6.07) is 12.8. The van der Waals surface area contributed by atoms with E-state index in [0.29, 0.717) is 18.2 Å². The van der Waals surface area contributed by atoms with Crippen molar-refractivity contribution in [1.29, 1.82) is 0 Å². The summed E-state index contributed by atoms with van der Waals surface area (Å²) in [6.45, 7) is 4.24. The monoisotopic (exact) mass is 322 g/mol. The van der Waals surface area contributed by atoms with E-state index >= 15 is 0 Å². The van der Waals surface area contributed by atoms with Crippen LogP contribution in [-0.2, 0) is 0 Å². The highest BCUT2D eigenvalue weighted by atomic mass is 16.5. The highest BCUT2D eigenvalue weighted by Gasteiger charge is 2.04. The Bertz CT molecular complexity index is 893. The van der Waals surface area contributed by atoms with Gasteiger partial charge in [-0.1, -0.05) is 12.1 Å². The van der Waals surface area contributed by atoms with Crippen LogP contribution in [0.4, 0.5) is 5.82 Å². The Hall–Kier alpha value is -3.15. The summed E-state index contributed by atoms with van der Waals surface area (Å²) in [4.78, 5) is 9.00. The number of rotatable bonds is 5. The number of hydrogen-bond donors (Lipinski definition) is 2. The largest absolute Gasteiger partial charge is 0.504 e. The molecule has 0 spiro atoms. The van der Waals surface area contributed by atoms with Crippen LogP contribution in [0.1, 0.15) is 18.2 Å². The summed E-state index contributed by atoms with van der Waals surface area (Å²) in [7, 11) is 0. The molecule has 3 aromatic rings. The van der Waals surface area contributed by atoms with Gasteiger partial charge >= 0.3 is 0 Å². The van der Waals surface area contributed by atoms with Gasteiger partial charge in [-0.25, -0.2) is 9.97 Å². The van der Waals surface area contributed by atoms with Crippen molar-refractivity contribution in [2.24, 2.45) is 5.10 Å². The van der Waals surface area contributed by atoms with E-state index in [1.165, 1.54) is 0 Å². The standard InChI is InChI=1S/C18H18N4O2/c1-3-24-17-9-8-13(10-16(17)23)11-19-22-18-12(2)20-14-6-4-5-7-15(14)21-18/h4-11,23H,3H2,1-2H3,(H,21,22)/b19-11-. The van der Waals surface area contributed by atoms with Gasteiger partial charge in [-0.2, -0.15) is 5.10 Å². The first-order valence-corrected chi connectivity index (χ1v) is 7.65. The van der Waals surface area contributed by atoms with Crippen molar-refractivity contribution in [3.8, 4) is 11.5 Å². The van der Waals surface area contributed by atoms with Crippen molar-refractivity contribution in [2.45, 2.75) is 13.8 Å². The lowest BCUT2D eigenvalue weighted by atomic mass is 10.2. The number of ether oxygens (including phenoxy) is 1. The maximum atomic E-state index is 9.87. The number of benzene rings is 2. The number of para-hydroxylation sites is 2. The van der Waals surface area contributed by atoms with Gasteiger partial charge in [-0.05, 0) is 49.7 Å². The first-order valence-electron chi connectivity index (χ1n) is 7.65. The molecule has 0 atom stereocenters. The molecular formula is C18H18N4O2. The summed E-state index contributed by atoms with van der Waals surface area (Å²) >= 11 is 0. The lowest BCUT2D eigenvalue weighted by Crippen LogP contribution is -1.99. The molecule has 0 saturated carbocycles. The van der Waals surface area contributed by atoms with Gasteiger partial charge in [0.1, 0.15) is 0 Å². The van der Waals surface area contributed by atoms with E-state index in [0.717, 1.165) is 22.3 Å². The Morgan fingerprint density at radius 1 is 1.17 bits per heavy atom. The van der Waals surface area contributed by atoms with Gasteiger partial charge in [0.2, 0.25) is 0 Å². The van der Waals surface area contributed by atoms with Gasteiger partial charge in [-0.3, -0.25) is 5.43 Å². The van der Waals surface area contributed by atoms with Crippen LogP contribution in [0.5, 0.6) is 11.5 Å². The average molecular weight is 322 g/mol. The van der Waals surface area contributed by atoms with Crippen molar-refractivity contribution in [3.63, 3.8) is 0 Å². The topological polar surface area (TPSA) is 79.6 Å². The summed E-state index contributed by atoms with van der Waals surface area (Å²) in [5.74, 6) is 1.14. The molecule has 0 radical (unpaired) electrons. The minimum Gasteiger partial charge on any atom is -0.504 e. The molecule has 0 saturated heterocycles. The normalized spacial score (nSPS) is 11.1. The number of aromatic hydroxyl groups is 1. The quantitative estimate of drug-likeness (QED) is 0.555. The zero-order valence-electron chi connectivity index (χ0n) is 13.5. The van der Waals surface area contributed by atoms with Gasteiger partial charge in [0.15, 0.2) is 17.3 Å². The van der Waals surface area contributed by atoms with E-state index < -0.39 is 0 Å². The Kier molecular flexibility index (Phi) is 4.56. The first-order chi connectivity index (χ1) is 11.7. The van der Waals surface area contributed by atoms with Gasteiger partial charge in [0.05, 0.1) is 29.5 Å². The van der Waals surface area contributed by atoms with Gasteiger partial charge in [0.25, 0.3) is 0 Å². The van der Waals surface area contributed by atoms with Crippen molar-refractivity contribution >= 4 is 23.1 Å². The third kappa shape index (κ3) is 3.43. The zero-order chi connectivity index (χ0) is 16.9. The van der Waals surface area contributed by atoms with Crippen molar-refractivity contribution < 1.29 is 9.84 Å². The number of aryl methyl sites for hydroxylation is 1. The van der Waals surface area contributed by atoms with Gasteiger partial charge in [-0.15, -0.1) is 0 Å². The number of nitrogens with one attached hydrogen (secondary N) is 1. The second-order valence-electron chi connectivity index (χ2n) is 5.18. The molecule has 6 nitrogen and oxygen atoms in total. The summed E-state index contributed by atoms with van der Waals surface area (Å²) in [5.41, 5.74) is 6.06. The van der Waals surface area contributed by atoms with Crippen molar-refractivity contribution in [1.82, 2.24) is 9.97 Å². The van der Waals surface area contributed by atoms with Crippen LogP contribution in [0.15, 0.2) is 47.6 Å². The molecule has 0 fully saturated rings. The van der Waals surface area contributed by atoms with E-state index in [4.69, 9.17) is 4.74 Å². The molecule has 3 rings (SSSR count). The molecule has 1 aromatic heterocycles. The highest BCUT2D eigenvalue weighted by molar-refractivity contribution is 5.82. The van der Waals surface area contributed by atoms with Crippen LogP contribution >= 0.6 is 0 Å². The van der Waals surface area contributed by atoms with E-state index in [1.807, 2.05) is 44.2 Å². The molecule has 0 amide bonds. The Morgan fingerprint density at radius 2 is 1.92 bits per heavy atom. The van der Waals surface area contributed by atoms with Crippen LogP contribution in [0.25, 0.3) is 11.0 Å². The van der Waals surface area contributed by atoms with Crippen LogP contribution in [-0.4, -0.2) is 27.9 Å². The van der Waals surface area contributed by atoms with E-state index in [9.17, 15) is 5.11 Å². The average Bonchev–Trinajstić information content (AvgIpc) is 2.58. The van der Waals surface area contributed by atoms with Crippen LogP contribution in [0.2, 0.25) is 0 Å². The van der Waals surface area contributed by atoms with E-state index in [-0.39, 0.29) is 5.75 Å². The van der Waals surface area contributed by atoms with Gasteiger partial charge < -0.3 is 9.84 Å². The first kappa shape index (κ1) is 15.7. The molecule has 24 heavy (non-hydrogen) atoms. The summed E-state index contributed by atoms with van der Waals surface area (Å²) in [6.07, 6.45) is 1.60. The molecule has 0 bridgehead atoms. The van der Waals surface area contributed by atoms with Crippen molar-refractivity contribution in [3.05, 3.63) is 53.7 Å². The van der Waals surface area contributed by atoms with Crippen LogP contribution in [0, 0.1) is 6.92 Å². The summed E-state index contributed by atoms with van der Waals surface area (Å²) in [5, 5.41) is 14.0. The SMILES string of the molecule is CCOc1ccc(/C=N\Nc2nc3ccccc3nc2C)cc1O. The van der Waals surface area contributed by atoms with Gasteiger partial charge in [0, 0.05) is 0 Å². The fourth-order valence-electron chi connectivity index (χ4n) is 2.25. The maximum Gasteiger partial charge on any atom is 0.168 e. The zero-order valence-corrected chi connectivity index (χ0v) is 13.5. The number of anilines is 1. The fraction of sp³-hybridized carbons (Fsp3) is 0.167. The number of hydrogen-bond acceptors (Lipinski definition) is 6. The minimum atomic E-state index is 0.0856. The molecule has 6 heteroatoms. The van der Waals surface area contributed by atoms with Crippen LogP contribution < -0.4 is 10.2 Å². The Morgan fingerprint density at radius 3 is 2.62 bits per heavy atom. The second-order valence-corrected chi connectivity index (χ2v) is 5.18. The molecule has 0 aliphatic carbocycles. The van der Waals surface area contributed by atoms with E-state index in [1.54, 1.807) is 18.3 Å². The fourth-order valence-corrected chi connectivity index (χ4v) is 2.25. The number of phenols is 1. The number of fused-ring (bicyclic) bond motifs is 1. The highest BCUT2D eigenvalue weighted by Crippen LogP contribution is 2.26. The lowest BCUT2D eigenvalue weighted by molar-refractivity contribution is 0.318.